The van der Waals surface area contributed by atoms with Gasteiger partial charge < -0.3 is 5.32 Å². The van der Waals surface area contributed by atoms with Crippen molar-refractivity contribution in [2.45, 2.75) is 18.2 Å². The molecule has 8 nitrogen and oxygen atoms in total. The number of hydrogen-bond acceptors (Lipinski definition) is 9. The van der Waals surface area contributed by atoms with Gasteiger partial charge in [-0.05, 0) is 13.8 Å². The maximum atomic E-state index is 12.2. The maximum Gasteiger partial charge on any atom is 0.296 e. The number of hydrogen-bond donors (Lipinski definition) is 1. The van der Waals surface area contributed by atoms with Crippen molar-refractivity contribution in [3.63, 3.8) is 0 Å². The lowest BCUT2D eigenvalue weighted by Gasteiger charge is -2.00. The van der Waals surface area contributed by atoms with Crippen LogP contribution in [0.5, 0.6) is 0 Å². The molecule has 142 valence electrons. The van der Waals surface area contributed by atoms with Crippen molar-refractivity contribution in [1.82, 2.24) is 24.8 Å². The minimum atomic E-state index is -0.302. The Hall–Kier alpha value is -2.63. The summed E-state index contributed by atoms with van der Waals surface area (Å²) in [4.78, 5) is 29.1. The molecular weight excluding hydrogens is 416 g/mol. The molecular formula is C17H14N6O2S3. The van der Waals surface area contributed by atoms with E-state index >= 15 is 0 Å². The number of carbonyl (C=O) groups excluding carboxylic acids is 1. The molecule has 0 saturated carbocycles. The van der Waals surface area contributed by atoms with Gasteiger partial charge >= 0.3 is 0 Å². The highest BCUT2D eigenvalue weighted by molar-refractivity contribution is 8.01. The summed E-state index contributed by atoms with van der Waals surface area (Å²) in [5.41, 5.74) is 3.00. The van der Waals surface area contributed by atoms with Gasteiger partial charge in [-0.15, -0.1) is 26.6 Å². The molecule has 11 heteroatoms. The third-order valence-electron chi connectivity index (χ3n) is 3.75. The summed E-state index contributed by atoms with van der Waals surface area (Å²) in [5.74, 6) is -0.0378. The van der Waals surface area contributed by atoms with E-state index in [2.05, 4.69) is 25.6 Å². The lowest BCUT2D eigenvalue weighted by molar-refractivity contribution is -0.113. The van der Waals surface area contributed by atoms with Gasteiger partial charge in [0, 0.05) is 10.9 Å². The van der Waals surface area contributed by atoms with Crippen LogP contribution in [0.4, 0.5) is 5.13 Å². The van der Waals surface area contributed by atoms with E-state index in [1.54, 1.807) is 6.92 Å². The van der Waals surface area contributed by atoms with Crippen molar-refractivity contribution in [2.24, 2.45) is 0 Å². The van der Waals surface area contributed by atoms with Crippen LogP contribution in [0.3, 0.4) is 0 Å². The minimum Gasteiger partial charge on any atom is -0.301 e. The van der Waals surface area contributed by atoms with E-state index in [-0.39, 0.29) is 22.9 Å². The number of rotatable bonds is 5. The molecule has 3 heterocycles. The molecule has 0 atom stereocenters. The van der Waals surface area contributed by atoms with Crippen LogP contribution in [0.15, 0.2) is 38.8 Å². The highest BCUT2D eigenvalue weighted by Gasteiger charge is 2.13. The largest absolute Gasteiger partial charge is 0.301 e. The Bertz CT molecular complexity index is 1210. The van der Waals surface area contributed by atoms with Gasteiger partial charge in [-0.2, -0.15) is 4.52 Å². The summed E-state index contributed by atoms with van der Waals surface area (Å²) in [5, 5.41) is 17.2. The predicted molar refractivity (Wildman–Crippen MR) is 111 cm³/mol. The molecule has 0 aliphatic carbocycles. The van der Waals surface area contributed by atoms with Crippen LogP contribution in [0.25, 0.3) is 16.2 Å². The third kappa shape index (κ3) is 3.96. The fourth-order valence-corrected chi connectivity index (χ4v) is 4.71. The average Bonchev–Trinajstić information content (AvgIpc) is 3.31. The Morgan fingerprint density at radius 3 is 2.79 bits per heavy atom. The number of benzene rings is 1. The lowest BCUT2D eigenvalue weighted by atomic mass is 10.1. The molecule has 4 rings (SSSR count). The van der Waals surface area contributed by atoms with Gasteiger partial charge in [-0.3, -0.25) is 9.59 Å². The molecule has 1 aromatic carbocycles. The average molecular weight is 431 g/mol. The Morgan fingerprint density at radius 2 is 2.00 bits per heavy atom. The molecule has 1 amide bonds. The number of amides is 1. The zero-order valence-corrected chi connectivity index (χ0v) is 17.3. The van der Waals surface area contributed by atoms with Gasteiger partial charge in [0.2, 0.25) is 10.9 Å². The van der Waals surface area contributed by atoms with Crippen molar-refractivity contribution in [3.8, 4) is 11.3 Å². The van der Waals surface area contributed by atoms with Gasteiger partial charge in [0.1, 0.15) is 5.69 Å². The Morgan fingerprint density at radius 1 is 1.21 bits per heavy atom. The summed E-state index contributed by atoms with van der Waals surface area (Å²) in [6, 6.07) is 8.06. The molecule has 0 spiro atoms. The molecule has 0 unspecified atom stereocenters. The van der Waals surface area contributed by atoms with Crippen molar-refractivity contribution >= 4 is 50.4 Å². The fraction of sp³-hybridized carbons (Fsp3) is 0.176. The molecule has 0 aliphatic rings. The first-order valence-corrected chi connectivity index (χ1v) is 10.9. The third-order valence-corrected chi connectivity index (χ3v) is 6.54. The zero-order chi connectivity index (χ0) is 19.7. The summed E-state index contributed by atoms with van der Waals surface area (Å²) in [7, 11) is 0. The topological polar surface area (TPSA) is 102 Å². The highest BCUT2D eigenvalue weighted by atomic mass is 32.2. The molecule has 3 aromatic heterocycles. The van der Waals surface area contributed by atoms with Crippen LogP contribution in [0.2, 0.25) is 0 Å². The number of aromatic nitrogens is 5. The van der Waals surface area contributed by atoms with E-state index in [1.165, 1.54) is 44.5 Å². The van der Waals surface area contributed by atoms with Crippen LogP contribution in [0, 0.1) is 13.8 Å². The number of anilines is 1. The first-order valence-electron chi connectivity index (χ1n) is 8.18. The number of thiazole rings is 1. The number of nitrogens with zero attached hydrogens (tertiary/aromatic N) is 5. The van der Waals surface area contributed by atoms with Crippen molar-refractivity contribution < 1.29 is 4.79 Å². The molecule has 0 radical (unpaired) electrons. The number of thioether (sulfide) groups is 1. The molecule has 0 fully saturated rings. The number of carbonyl (C=O) groups is 1. The van der Waals surface area contributed by atoms with Crippen molar-refractivity contribution in [3.05, 3.63) is 51.3 Å². The summed E-state index contributed by atoms with van der Waals surface area (Å²) >= 11 is 3.83. The number of aryl methyl sites for hydroxylation is 2. The van der Waals surface area contributed by atoms with Crippen LogP contribution < -0.4 is 10.9 Å². The summed E-state index contributed by atoms with van der Waals surface area (Å²) in [6.45, 7) is 3.62. The van der Waals surface area contributed by atoms with Gasteiger partial charge in [0.15, 0.2) is 9.47 Å². The van der Waals surface area contributed by atoms with Crippen LogP contribution in [-0.4, -0.2) is 36.5 Å². The highest BCUT2D eigenvalue weighted by Crippen LogP contribution is 2.26. The quantitative estimate of drug-likeness (QED) is 0.486. The molecule has 0 bridgehead atoms. The van der Waals surface area contributed by atoms with Crippen LogP contribution >= 0.6 is 34.4 Å². The normalized spacial score (nSPS) is 11.1. The van der Waals surface area contributed by atoms with Gasteiger partial charge in [-0.25, -0.2) is 4.98 Å². The van der Waals surface area contributed by atoms with Gasteiger partial charge in [-0.1, -0.05) is 52.9 Å². The number of nitrogens with one attached hydrogen (secondary N) is 1. The van der Waals surface area contributed by atoms with Crippen LogP contribution in [0.1, 0.15) is 11.3 Å². The van der Waals surface area contributed by atoms with E-state index in [0.29, 0.717) is 14.4 Å². The first-order chi connectivity index (χ1) is 13.5. The van der Waals surface area contributed by atoms with Crippen molar-refractivity contribution in [2.75, 3.05) is 11.1 Å². The fourth-order valence-electron chi connectivity index (χ4n) is 2.30. The van der Waals surface area contributed by atoms with E-state index in [0.717, 1.165) is 11.3 Å². The molecule has 1 N–H and O–H groups in total. The SMILES string of the molecule is Cc1ccc(-c2csc(NC(=O)CSc3nn4c(=O)c(C)nnc4s3)n2)cc1. The number of fused-ring (bicyclic) bond motifs is 1. The van der Waals surface area contributed by atoms with Crippen molar-refractivity contribution in [1.29, 1.82) is 0 Å². The monoisotopic (exact) mass is 430 g/mol. The Labute approximate surface area is 171 Å². The predicted octanol–water partition coefficient (Wildman–Crippen LogP) is 3.02. The minimum absolute atomic E-state index is 0.153. The second-order valence-corrected chi connectivity index (χ2v) is 8.93. The molecule has 28 heavy (non-hydrogen) atoms. The van der Waals surface area contributed by atoms with E-state index in [9.17, 15) is 9.59 Å². The molecule has 4 aromatic rings. The summed E-state index contributed by atoms with van der Waals surface area (Å²) < 4.78 is 1.79. The maximum absolute atomic E-state index is 12.2. The zero-order valence-electron chi connectivity index (χ0n) is 14.9. The standard InChI is InChI=1S/C17H14N6O2S3/c1-9-3-5-11(6-4-9)12-7-26-15(18-12)19-13(24)8-27-17-22-23-14(25)10(2)20-21-16(23)28-17/h3-7H,8H2,1-2H3,(H,18,19,24). The van der Waals surface area contributed by atoms with Crippen LogP contribution in [-0.2, 0) is 4.79 Å². The van der Waals surface area contributed by atoms with Gasteiger partial charge in [0.05, 0.1) is 11.4 Å². The molecule has 0 aliphatic heterocycles. The second kappa shape index (κ2) is 7.78. The van der Waals surface area contributed by atoms with E-state index in [4.69, 9.17) is 0 Å². The molecule has 0 saturated heterocycles. The lowest BCUT2D eigenvalue weighted by Crippen LogP contribution is -2.19. The smallest absolute Gasteiger partial charge is 0.296 e. The second-order valence-electron chi connectivity index (χ2n) is 5.89. The van der Waals surface area contributed by atoms with E-state index < -0.39 is 0 Å². The summed E-state index contributed by atoms with van der Waals surface area (Å²) in [6.07, 6.45) is 0. The van der Waals surface area contributed by atoms with Gasteiger partial charge in [0.25, 0.3) is 5.56 Å². The Balaban J connectivity index is 1.39. The first kappa shape index (κ1) is 18.7. The Kier molecular flexibility index (Phi) is 5.20. The van der Waals surface area contributed by atoms with E-state index in [1.807, 2.05) is 36.6 Å².